The minimum atomic E-state index is -0.500. The third-order valence-corrected chi connectivity index (χ3v) is 5.22. The van der Waals surface area contributed by atoms with Crippen LogP contribution in [0, 0.1) is 18.3 Å². The molecule has 0 heterocycles. The van der Waals surface area contributed by atoms with Crippen molar-refractivity contribution in [3.63, 3.8) is 0 Å². The predicted octanol–water partition coefficient (Wildman–Crippen LogP) is 7.08. The van der Waals surface area contributed by atoms with Crippen molar-refractivity contribution in [3.8, 4) is 11.8 Å². The molecule has 0 aliphatic carbocycles. The summed E-state index contributed by atoms with van der Waals surface area (Å²) in [5.41, 5.74) is 3.00. The molecule has 0 unspecified atom stereocenters. The van der Waals surface area contributed by atoms with Gasteiger partial charge in [0.15, 0.2) is 0 Å². The zero-order chi connectivity index (χ0) is 22.4. The number of anilines is 1. The standard InChI is InChI=1S/C24H17Cl3N2O2/c1-15-2-7-20(8-3-15)29-24(30)18(13-28)10-16-4-9-23(22(27)11-16)31-14-17-5-6-19(25)12-21(17)26/h2-12H,14H2,1H3,(H,29,30)/b18-10+. The summed E-state index contributed by atoms with van der Waals surface area (Å²) in [5.74, 6) is -0.0485. The molecule has 0 aliphatic rings. The molecule has 7 heteroatoms. The maximum absolute atomic E-state index is 12.4. The number of hydrogen-bond donors (Lipinski definition) is 1. The number of nitrogens with zero attached hydrogens (tertiary/aromatic N) is 1. The number of nitrogens with one attached hydrogen (secondary N) is 1. The predicted molar refractivity (Wildman–Crippen MR) is 126 cm³/mol. The maximum atomic E-state index is 12.4. The Labute approximate surface area is 195 Å². The average Bonchev–Trinajstić information content (AvgIpc) is 2.74. The van der Waals surface area contributed by atoms with Gasteiger partial charge in [-0.15, -0.1) is 0 Å². The number of carbonyl (C=O) groups excluding carboxylic acids is 1. The fourth-order valence-electron chi connectivity index (χ4n) is 2.67. The number of halogens is 3. The molecule has 4 nitrogen and oxygen atoms in total. The lowest BCUT2D eigenvalue weighted by Gasteiger charge is -2.10. The van der Waals surface area contributed by atoms with Crippen molar-refractivity contribution >= 4 is 52.5 Å². The summed E-state index contributed by atoms with van der Waals surface area (Å²) >= 11 is 18.4. The van der Waals surface area contributed by atoms with Gasteiger partial charge in [-0.25, -0.2) is 0 Å². The van der Waals surface area contributed by atoms with Gasteiger partial charge in [-0.1, -0.05) is 64.6 Å². The van der Waals surface area contributed by atoms with Crippen LogP contribution in [0.25, 0.3) is 6.08 Å². The van der Waals surface area contributed by atoms with Crippen LogP contribution in [-0.2, 0) is 11.4 Å². The fraction of sp³-hybridized carbons (Fsp3) is 0.0833. The van der Waals surface area contributed by atoms with Gasteiger partial charge in [0, 0.05) is 21.3 Å². The normalized spacial score (nSPS) is 11.0. The van der Waals surface area contributed by atoms with Crippen LogP contribution in [0.1, 0.15) is 16.7 Å². The number of hydrogen-bond acceptors (Lipinski definition) is 3. The van der Waals surface area contributed by atoms with Crippen LogP contribution in [0.5, 0.6) is 5.75 Å². The number of carbonyl (C=O) groups is 1. The molecule has 0 saturated heterocycles. The molecule has 156 valence electrons. The van der Waals surface area contributed by atoms with Crippen LogP contribution in [0.2, 0.25) is 15.1 Å². The maximum Gasteiger partial charge on any atom is 0.266 e. The van der Waals surface area contributed by atoms with E-state index in [1.165, 1.54) is 6.08 Å². The second-order valence-electron chi connectivity index (χ2n) is 6.70. The zero-order valence-corrected chi connectivity index (χ0v) is 18.7. The molecule has 0 aliphatic heterocycles. The fourth-order valence-corrected chi connectivity index (χ4v) is 3.38. The Kier molecular flexibility index (Phi) is 7.59. The highest BCUT2D eigenvalue weighted by Gasteiger charge is 2.11. The molecule has 0 fully saturated rings. The first-order chi connectivity index (χ1) is 14.9. The highest BCUT2D eigenvalue weighted by Crippen LogP contribution is 2.29. The topological polar surface area (TPSA) is 62.1 Å². The Bertz CT molecular complexity index is 1180. The Hall–Kier alpha value is -2.97. The molecular weight excluding hydrogens is 455 g/mol. The van der Waals surface area contributed by atoms with Crippen LogP contribution >= 0.6 is 34.8 Å². The molecule has 31 heavy (non-hydrogen) atoms. The molecule has 3 aromatic rings. The van der Waals surface area contributed by atoms with Crippen molar-refractivity contribution in [2.75, 3.05) is 5.32 Å². The Morgan fingerprint density at radius 1 is 1.03 bits per heavy atom. The minimum absolute atomic E-state index is 0.0433. The first-order valence-electron chi connectivity index (χ1n) is 9.22. The van der Waals surface area contributed by atoms with Gasteiger partial charge in [0.1, 0.15) is 24.0 Å². The number of rotatable bonds is 6. The van der Waals surface area contributed by atoms with Crippen LogP contribution in [0.4, 0.5) is 5.69 Å². The highest BCUT2D eigenvalue weighted by atomic mass is 35.5. The Balaban J connectivity index is 1.71. The Morgan fingerprint density at radius 2 is 1.77 bits per heavy atom. The molecular formula is C24H17Cl3N2O2. The third-order valence-electron chi connectivity index (χ3n) is 4.34. The molecule has 3 rings (SSSR count). The third kappa shape index (κ3) is 6.26. The molecule has 1 amide bonds. The van der Waals surface area contributed by atoms with E-state index in [9.17, 15) is 10.1 Å². The van der Waals surface area contributed by atoms with Crippen LogP contribution in [-0.4, -0.2) is 5.91 Å². The largest absolute Gasteiger partial charge is 0.487 e. The molecule has 0 bridgehead atoms. The monoisotopic (exact) mass is 470 g/mol. The Morgan fingerprint density at radius 3 is 2.42 bits per heavy atom. The van der Waals surface area contributed by atoms with Crippen molar-refractivity contribution < 1.29 is 9.53 Å². The van der Waals surface area contributed by atoms with Crippen LogP contribution < -0.4 is 10.1 Å². The van der Waals surface area contributed by atoms with Gasteiger partial charge in [-0.3, -0.25) is 4.79 Å². The zero-order valence-electron chi connectivity index (χ0n) is 16.5. The van der Waals surface area contributed by atoms with Crippen molar-refractivity contribution in [3.05, 3.63) is 98.0 Å². The molecule has 0 aromatic heterocycles. The van der Waals surface area contributed by atoms with E-state index in [4.69, 9.17) is 39.5 Å². The first-order valence-corrected chi connectivity index (χ1v) is 10.3. The van der Waals surface area contributed by atoms with E-state index in [0.29, 0.717) is 32.1 Å². The second-order valence-corrected chi connectivity index (χ2v) is 7.96. The van der Waals surface area contributed by atoms with E-state index in [1.54, 1.807) is 48.5 Å². The molecule has 3 aromatic carbocycles. The summed E-state index contributed by atoms with van der Waals surface area (Å²) in [5, 5.41) is 13.5. The van der Waals surface area contributed by atoms with Gasteiger partial charge >= 0.3 is 0 Å². The smallest absolute Gasteiger partial charge is 0.266 e. The van der Waals surface area contributed by atoms with E-state index in [-0.39, 0.29) is 12.2 Å². The first kappa shape index (κ1) is 22.7. The van der Waals surface area contributed by atoms with E-state index in [2.05, 4.69) is 5.32 Å². The summed E-state index contributed by atoms with van der Waals surface area (Å²) in [6.07, 6.45) is 1.47. The second kappa shape index (κ2) is 10.4. The quantitative estimate of drug-likeness (QED) is 0.308. The van der Waals surface area contributed by atoms with Gasteiger partial charge < -0.3 is 10.1 Å². The van der Waals surface area contributed by atoms with Gasteiger partial charge in [-0.2, -0.15) is 5.26 Å². The molecule has 0 saturated carbocycles. The van der Waals surface area contributed by atoms with Crippen molar-refractivity contribution in [2.45, 2.75) is 13.5 Å². The van der Waals surface area contributed by atoms with Crippen molar-refractivity contribution in [1.82, 2.24) is 0 Å². The molecule has 0 atom stereocenters. The average molecular weight is 472 g/mol. The molecule has 0 radical (unpaired) electrons. The SMILES string of the molecule is Cc1ccc(NC(=O)/C(C#N)=C/c2ccc(OCc3ccc(Cl)cc3Cl)c(Cl)c2)cc1. The summed E-state index contributed by atoms with van der Waals surface area (Å²) in [4.78, 5) is 12.4. The lowest BCUT2D eigenvalue weighted by molar-refractivity contribution is -0.112. The van der Waals surface area contributed by atoms with E-state index < -0.39 is 5.91 Å². The molecule has 1 N–H and O–H groups in total. The summed E-state index contributed by atoms with van der Waals surface area (Å²) in [6.45, 7) is 2.17. The van der Waals surface area contributed by atoms with Crippen LogP contribution in [0.3, 0.4) is 0 Å². The van der Waals surface area contributed by atoms with Crippen LogP contribution in [0.15, 0.2) is 66.2 Å². The molecule has 0 spiro atoms. The van der Waals surface area contributed by atoms with E-state index in [0.717, 1.165) is 11.1 Å². The summed E-state index contributed by atoms with van der Waals surface area (Å²) in [7, 11) is 0. The van der Waals surface area contributed by atoms with Crippen molar-refractivity contribution in [2.24, 2.45) is 0 Å². The van der Waals surface area contributed by atoms with Gasteiger partial charge in [0.25, 0.3) is 5.91 Å². The lowest BCUT2D eigenvalue weighted by Crippen LogP contribution is -2.13. The highest BCUT2D eigenvalue weighted by molar-refractivity contribution is 6.35. The van der Waals surface area contributed by atoms with Gasteiger partial charge in [0.2, 0.25) is 0 Å². The number of ether oxygens (including phenoxy) is 1. The number of amides is 1. The minimum Gasteiger partial charge on any atom is -0.487 e. The van der Waals surface area contributed by atoms with Crippen molar-refractivity contribution in [1.29, 1.82) is 5.26 Å². The van der Waals surface area contributed by atoms with Gasteiger partial charge in [0.05, 0.1) is 5.02 Å². The lowest BCUT2D eigenvalue weighted by atomic mass is 10.1. The van der Waals surface area contributed by atoms with E-state index >= 15 is 0 Å². The summed E-state index contributed by atoms with van der Waals surface area (Å²) in [6, 6.07) is 19.4. The number of nitriles is 1. The number of aryl methyl sites for hydroxylation is 1. The summed E-state index contributed by atoms with van der Waals surface area (Å²) < 4.78 is 5.74. The van der Waals surface area contributed by atoms with Gasteiger partial charge in [-0.05, 0) is 55.0 Å². The number of benzene rings is 3. The van der Waals surface area contributed by atoms with E-state index in [1.807, 2.05) is 25.1 Å².